The van der Waals surface area contributed by atoms with E-state index in [1.54, 1.807) is 11.3 Å². The highest BCUT2D eigenvalue weighted by atomic mass is 32.1. The fourth-order valence-corrected chi connectivity index (χ4v) is 2.37. The Morgan fingerprint density at radius 3 is 2.87 bits per heavy atom. The fourth-order valence-electron chi connectivity index (χ4n) is 1.65. The van der Waals surface area contributed by atoms with Crippen LogP contribution in [0.4, 0.5) is 0 Å². The Hall–Kier alpha value is -0.380. The molecule has 3 heteroatoms. The summed E-state index contributed by atoms with van der Waals surface area (Å²) in [7, 11) is 2.16. The third-order valence-electron chi connectivity index (χ3n) is 2.56. The molecule has 0 fully saturated rings. The summed E-state index contributed by atoms with van der Waals surface area (Å²) in [5.74, 6) is 0. The van der Waals surface area contributed by atoms with Crippen LogP contribution in [-0.4, -0.2) is 25.0 Å². The van der Waals surface area contributed by atoms with E-state index in [0.29, 0.717) is 0 Å². The van der Waals surface area contributed by atoms with Crippen molar-refractivity contribution in [3.63, 3.8) is 0 Å². The normalized spacial score (nSPS) is 13.3. The van der Waals surface area contributed by atoms with Crippen LogP contribution in [-0.2, 0) is 0 Å². The summed E-state index contributed by atoms with van der Waals surface area (Å²) in [4.78, 5) is 3.62. The smallest absolute Gasteiger partial charge is 0.0518 e. The highest BCUT2D eigenvalue weighted by molar-refractivity contribution is 7.10. The standard InChI is InChI=1S/C12H22N2S/c1-3-4-5-8-14(2)10-11(13)12-7-6-9-15-12/h6-7,9,11H,3-5,8,10,13H2,1-2H3. The minimum absolute atomic E-state index is 0.177. The molecule has 15 heavy (non-hydrogen) atoms. The number of hydrogen-bond donors (Lipinski definition) is 1. The molecule has 0 spiro atoms. The molecule has 0 aliphatic rings. The zero-order valence-electron chi connectivity index (χ0n) is 9.78. The predicted octanol–water partition coefficient (Wildman–Crippen LogP) is 2.87. The van der Waals surface area contributed by atoms with Gasteiger partial charge < -0.3 is 10.6 Å². The number of likely N-dealkylation sites (N-methyl/N-ethyl adjacent to an activating group) is 1. The van der Waals surface area contributed by atoms with Gasteiger partial charge in [0.15, 0.2) is 0 Å². The van der Waals surface area contributed by atoms with Crippen molar-refractivity contribution in [2.24, 2.45) is 5.73 Å². The summed E-state index contributed by atoms with van der Waals surface area (Å²) < 4.78 is 0. The number of nitrogens with zero attached hydrogens (tertiary/aromatic N) is 1. The first-order valence-corrected chi connectivity index (χ1v) is 6.59. The number of nitrogens with two attached hydrogens (primary N) is 1. The van der Waals surface area contributed by atoms with Crippen LogP contribution >= 0.6 is 11.3 Å². The van der Waals surface area contributed by atoms with E-state index in [4.69, 9.17) is 5.73 Å². The van der Waals surface area contributed by atoms with Crippen LogP contribution in [0.3, 0.4) is 0 Å². The highest BCUT2D eigenvalue weighted by Gasteiger charge is 2.09. The molecule has 0 aliphatic heterocycles. The van der Waals surface area contributed by atoms with Gasteiger partial charge in [-0.15, -0.1) is 11.3 Å². The average Bonchev–Trinajstić information content (AvgIpc) is 2.70. The van der Waals surface area contributed by atoms with Crippen molar-refractivity contribution in [1.82, 2.24) is 4.90 Å². The molecule has 1 aromatic heterocycles. The predicted molar refractivity (Wildman–Crippen MR) is 68.3 cm³/mol. The van der Waals surface area contributed by atoms with E-state index in [9.17, 15) is 0 Å². The summed E-state index contributed by atoms with van der Waals surface area (Å²) in [6, 6.07) is 4.36. The van der Waals surface area contributed by atoms with Crippen LogP contribution in [0.25, 0.3) is 0 Å². The molecule has 2 nitrogen and oxygen atoms in total. The lowest BCUT2D eigenvalue weighted by Gasteiger charge is -2.20. The van der Waals surface area contributed by atoms with E-state index in [0.717, 1.165) is 13.1 Å². The number of unbranched alkanes of at least 4 members (excludes halogenated alkanes) is 2. The molecule has 2 N–H and O–H groups in total. The quantitative estimate of drug-likeness (QED) is 0.724. The molecule has 0 saturated heterocycles. The lowest BCUT2D eigenvalue weighted by molar-refractivity contribution is 0.306. The third kappa shape index (κ3) is 4.78. The van der Waals surface area contributed by atoms with Crippen LogP contribution in [0.15, 0.2) is 17.5 Å². The van der Waals surface area contributed by atoms with Gasteiger partial charge in [0.05, 0.1) is 6.04 Å². The fraction of sp³-hybridized carbons (Fsp3) is 0.667. The monoisotopic (exact) mass is 226 g/mol. The lowest BCUT2D eigenvalue weighted by atomic mass is 10.2. The van der Waals surface area contributed by atoms with Gasteiger partial charge in [0, 0.05) is 11.4 Å². The van der Waals surface area contributed by atoms with Crippen molar-refractivity contribution in [3.05, 3.63) is 22.4 Å². The first kappa shape index (κ1) is 12.7. The van der Waals surface area contributed by atoms with Crippen LogP contribution in [0.1, 0.15) is 37.1 Å². The molecule has 86 valence electrons. The van der Waals surface area contributed by atoms with Gasteiger partial charge in [0.25, 0.3) is 0 Å². The Morgan fingerprint density at radius 2 is 2.27 bits per heavy atom. The van der Waals surface area contributed by atoms with Crippen LogP contribution in [0.2, 0.25) is 0 Å². The van der Waals surface area contributed by atoms with E-state index in [1.165, 1.54) is 24.1 Å². The second kappa shape index (κ2) is 6.99. The Balaban J connectivity index is 2.22. The van der Waals surface area contributed by atoms with Crippen molar-refractivity contribution in [3.8, 4) is 0 Å². The van der Waals surface area contributed by atoms with E-state index >= 15 is 0 Å². The van der Waals surface area contributed by atoms with Crippen molar-refractivity contribution < 1.29 is 0 Å². The van der Waals surface area contributed by atoms with Gasteiger partial charge in [0.1, 0.15) is 0 Å². The Labute approximate surface area is 97.1 Å². The lowest BCUT2D eigenvalue weighted by Crippen LogP contribution is -2.29. The summed E-state index contributed by atoms with van der Waals surface area (Å²) in [6.45, 7) is 4.36. The topological polar surface area (TPSA) is 29.3 Å². The second-order valence-corrected chi connectivity index (χ2v) is 5.07. The van der Waals surface area contributed by atoms with Gasteiger partial charge in [-0.3, -0.25) is 0 Å². The van der Waals surface area contributed by atoms with Gasteiger partial charge in [-0.25, -0.2) is 0 Å². The van der Waals surface area contributed by atoms with Crippen LogP contribution in [0.5, 0.6) is 0 Å². The molecule has 0 amide bonds. The molecule has 1 aromatic rings. The molecule has 0 aromatic carbocycles. The largest absolute Gasteiger partial charge is 0.322 e. The minimum Gasteiger partial charge on any atom is -0.322 e. The molecular formula is C12H22N2S. The molecule has 0 aliphatic carbocycles. The maximum atomic E-state index is 6.11. The molecule has 0 bridgehead atoms. The van der Waals surface area contributed by atoms with Crippen molar-refractivity contribution in [2.75, 3.05) is 20.1 Å². The third-order valence-corrected chi connectivity index (χ3v) is 3.56. The van der Waals surface area contributed by atoms with Gasteiger partial charge in [-0.1, -0.05) is 25.8 Å². The zero-order chi connectivity index (χ0) is 11.1. The van der Waals surface area contributed by atoms with E-state index < -0.39 is 0 Å². The molecule has 1 unspecified atom stereocenters. The van der Waals surface area contributed by atoms with Crippen LogP contribution < -0.4 is 5.73 Å². The maximum Gasteiger partial charge on any atom is 0.0518 e. The Kier molecular flexibility index (Phi) is 5.91. The van der Waals surface area contributed by atoms with Gasteiger partial charge >= 0.3 is 0 Å². The molecular weight excluding hydrogens is 204 g/mol. The Morgan fingerprint density at radius 1 is 1.47 bits per heavy atom. The number of hydrogen-bond acceptors (Lipinski definition) is 3. The van der Waals surface area contributed by atoms with Gasteiger partial charge in [-0.05, 0) is 31.5 Å². The van der Waals surface area contributed by atoms with E-state index in [1.807, 2.05) is 0 Å². The van der Waals surface area contributed by atoms with Crippen molar-refractivity contribution >= 4 is 11.3 Å². The maximum absolute atomic E-state index is 6.11. The van der Waals surface area contributed by atoms with Gasteiger partial charge in [0.2, 0.25) is 0 Å². The summed E-state index contributed by atoms with van der Waals surface area (Å²) in [5, 5.41) is 2.09. The van der Waals surface area contributed by atoms with E-state index in [-0.39, 0.29) is 6.04 Å². The molecule has 1 rings (SSSR count). The van der Waals surface area contributed by atoms with E-state index in [2.05, 4.69) is 36.4 Å². The SMILES string of the molecule is CCCCCN(C)CC(N)c1cccs1. The molecule has 0 radical (unpaired) electrons. The minimum atomic E-state index is 0.177. The highest BCUT2D eigenvalue weighted by Crippen LogP contribution is 2.17. The summed E-state index contributed by atoms with van der Waals surface area (Å²) in [6.07, 6.45) is 3.88. The number of rotatable bonds is 7. The molecule has 1 heterocycles. The molecule has 1 atom stereocenters. The summed E-state index contributed by atoms with van der Waals surface area (Å²) >= 11 is 1.75. The first-order chi connectivity index (χ1) is 7.24. The second-order valence-electron chi connectivity index (χ2n) is 4.09. The van der Waals surface area contributed by atoms with Crippen molar-refractivity contribution in [2.45, 2.75) is 32.2 Å². The van der Waals surface area contributed by atoms with Gasteiger partial charge in [-0.2, -0.15) is 0 Å². The van der Waals surface area contributed by atoms with Crippen LogP contribution in [0, 0.1) is 0 Å². The molecule has 0 saturated carbocycles. The Bertz CT molecular complexity index is 246. The average molecular weight is 226 g/mol. The summed E-state index contributed by atoms with van der Waals surface area (Å²) in [5.41, 5.74) is 6.11. The number of thiophene rings is 1. The van der Waals surface area contributed by atoms with Crippen molar-refractivity contribution in [1.29, 1.82) is 0 Å². The first-order valence-electron chi connectivity index (χ1n) is 5.71. The zero-order valence-corrected chi connectivity index (χ0v) is 10.6.